The second-order valence-electron chi connectivity index (χ2n) is 3.60. The highest BCUT2D eigenvalue weighted by Gasteiger charge is 2.10. The van der Waals surface area contributed by atoms with Crippen LogP contribution in [-0.4, -0.2) is 18.8 Å². The van der Waals surface area contributed by atoms with Crippen molar-refractivity contribution in [3.63, 3.8) is 0 Å². The van der Waals surface area contributed by atoms with Gasteiger partial charge in [0.2, 0.25) is 0 Å². The molecule has 0 bridgehead atoms. The van der Waals surface area contributed by atoms with Crippen LogP contribution in [0.4, 0.5) is 16.5 Å². The Morgan fingerprint density at radius 1 is 1.28 bits per heavy atom. The van der Waals surface area contributed by atoms with Crippen LogP contribution in [0.15, 0.2) is 46.1 Å². The van der Waals surface area contributed by atoms with Crippen molar-refractivity contribution in [3.05, 3.63) is 35.8 Å². The van der Waals surface area contributed by atoms with Gasteiger partial charge < -0.3 is 10.4 Å². The molecule has 1 aromatic carbocycles. The molecule has 0 aliphatic rings. The molecule has 0 atom stereocenters. The van der Waals surface area contributed by atoms with Gasteiger partial charge >= 0.3 is 5.13 Å². The van der Waals surface area contributed by atoms with E-state index in [0.717, 1.165) is 16.5 Å². The van der Waals surface area contributed by atoms with Crippen molar-refractivity contribution in [1.82, 2.24) is 0 Å². The molecule has 2 aromatic rings. The first-order valence-corrected chi connectivity index (χ1v) is 6.49. The van der Waals surface area contributed by atoms with Crippen LogP contribution >= 0.6 is 11.3 Å². The monoisotopic (exact) mass is 263 g/mol. The molecule has 0 amide bonds. The third-order valence-electron chi connectivity index (χ3n) is 2.41. The van der Waals surface area contributed by atoms with Crippen LogP contribution in [0, 0.1) is 0 Å². The van der Waals surface area contributed by atoms with Crippen LogP contribution in [-0.2, 0) is 6.54 Å². The Morgan fingerprint density at radius 3 is 2.72 bits per heavy atom. The highest BCUT2D eigenvalue weighted by atomic mass is 32.1. The summed E-state index contributed by atoms with van der Waals surface area (Å²) in [5, 5.41) is 23.0. The van der Waals surface area contributed by atoms with Gasteiger partial charge in [-0.3, -0.25) is 0 Å². The van der Waals surface area contributed by atoms with E-state index in [-0.39, 0.29) is 6.61 Å². The van der Waals surface area contributed by atoms with Crippen molar-refractivity contribution in [1.29, 1.82) is 0 Å². The third kappa shape index (κ3) is 3.12. The van der Waals surface area contributed by atoms with Crippen molar-refractivity contribution in [2.24, 2.45) is 10.2 Å². The number of aliphatic hydroxyl groups is 1. The Kier molecular flexibility index (Phi) is 4.38. The lowest BCUT2D eigenvalue weighted by Gasteiger charge is -1.96. The number of thiazole rings is 1. The normalized spacial score (nSPS) is 11.0. The predicted octanol–water partition coefficient (Wildman–Crippen LogP) is 2.49. The standard InChI is InChI=1S/C12H14N4OS/c1-13-10-2-4-11(5-3-10)14-15-12-16(6-8-17)7-9-18-12/h2-5,7,9,17H,6,8H2,1H3/p+1. The topological polar surface area (TPSA) is 60.9 Å². The average molecular weight is 263 g/mol. The molecule has 0 radical (unpaired) electrons. The van der Waals surface area contributed by atoms with Gasteiger partial charge in [-0.2, -0.15) is 0 Å². The highest BCUT2D eigenvalue weighted by Crippen LogP contribution is 2.20. The number of rotatable bonds is 5. The van der Waals surface area contributed by atoms with E-state index in [9.17, 15) is 0 Å². The van der Waals surface area contributed by atoms with Gasteiger partial charge in [0.05, 0.1) is 11.7 Å². The van der Waals surface area contributed by atoms with Crippen molar-refractivity contribution in [3.8, 4) is 0 Å². The second kappa shape index (κ2) is 6.23. The lowest BCUT2D eigenvalue weighted by Crippen LogP contribution is -2.32. The Morgan fingerprint density at radius 2 is 2.06 bits per heavy atom. The van der Waals surface area contributed by atoms with E-state index in [1.54, 1.807) is 0 Å². The molecule has 2 rings (SSSR count). The van der Waals surface area contributed by atoms with Gasteiger partial charge in [-0.05, 0) is 40.7 Å². The summed E-state index contributed by atoms with van der Waals surface area (Å²) in [6, 6.07) is 7.70. The average Bonchev–Trinajstić information content (AvgIpc) is 2.85. The molecule has 0 saturated carbocycles. The number of benzene rings is 1. The van der Waals surface area contributed by atoms with Crippen LogP contribution in [0.25, 0.3) is 0 Å². The van der Waals surface area contributed by atoms with E-state index in [1.165, 1.54) is 11.3 Å². The van der Waals surface area contributed by atoms with Crippen LogP contribution in [0.2, 0.25) is 0 Å². The SMILES string of the molecule is CNc1ccc(N=Nc2scc[n+]2CCO)cc1. The summed E-state index contributed by atoms with van der Waals surface area (Å²) in [5.41, 5.74) is 1.85. The zero-order valence-electron chi connectivity index (χ0n) is 10.1. The molecule has 94 valence electrons. The summed E-state index contributed by atoms with van der Waals surface area (Å²) in [7, 11) is 1.87. The Balaban J connectivity index is 2.11. The number of aliphatic hydroxyl groups excluding tert-OH is 1. The maximum Gasteiger partial charge on any atom is 0.408 e. The number of hydrogen-bond acceptors (Lipinski definition) is 5. The fourth-order valence-corrected chi connectivity index (χ4v) is 2.16. The predicted molar refractivity (Wildman–Crippen MR) is 71.8 cm³/mol. The number of nitrogens with zero attached hydrogens (tertiary/aromatic N) is 3. The van der Waals surface area contributed by atoms with E-state index >= 15 is 0 Å². The molecule has 1 heterocycles. The Bertz CT molecular complexity index is 521. The first-order valence-electron chi connectivity index (χ1n) is 5.61. The van der Waals surface area contributed by atoms with Crippen LogP contribution in [0.1, 0.15) is 0 Å². The summed E-state index contributed by atoms with van der Waals surface area (Å²) in [6.07, 6.45) is 1.89. The number of nitrogens with one attached hydrogen (secondary N) is 1. The largest absolute Gasteiger partial charge is 0.408 e. The van der Waals surface area contributed by atoms with Gasteiger partial charge in [0.1, 0.15) is 18.4 Å². The summed E-state index contributed by atoms with van der Waals surface area (Å²) in [4.78, 5) is 0. The van der Waals surface area contributed by atoms with Gasteiger partial charge in [-0.15, -0.1) is 0 Å². The first-order chi connectivity index (χ1) is 8.83. The highest BCUT2D eigenvalue weighted by molar-refractivity contribution is 7.12. The lowest BCUT2D eigenvalue weighted by molar-refractivity contribution is -0.681. The molecule has 0 aliphatic carbocycles. The second-order valence-corrected chi connectivity index (χ2v) is 4.47. The number of azo groups is 1. The van der Waals surface area contributed by atoms with Crippen molar-refractivity contribution in [2.45, 2.75) is 6.54 Å². The molecule has 0 unspecified atom stereocenters. The molecule has 0 saturated heterocycles. The number of anilines is 1. The molecule has 2 N–H and O–H groups in total. The zero-order chi connectivity index (χ0) is 12.8. The molecule has 0 fully saturated rings. The minimum absolute atomic E-state index is 0.0980. The van der Waals surface area contributed by atoms with Crippen molar-refractivity contribution >= 4 is 27.8 Å². The molecule has 5 nitrogen and oxygen atoms in total. The van der Waals surface area contributed by atoms with E-state index in [0.29, 0.717) is 6.54 Å². The molecule has 18 heavy (non-hydrogen) atoms. The maximum absolute atomic E-state index is 8.91. The molecular formula is C12H15N4OS+. The summed E-state index contributed by atoms with van der Waals surface area (Å²) in [5.74, 6) is 0. The van der Waals surface area contributed by atoms with Crippen molar-refractivity contribution in [2.75, 3.05) is 19.0 Å². The fourth-order valence-electron chi connectivity index (χ4n) is 1.45. The number of hydrogen-bond donors (Lipinski definition) is 2. The molecule has 0 aliphatic heterocycles. The lowest BCUT2D eigenvalue weighted by atomic mass is 10.3. The van der Waals surface area contributed by atoms with Gasteiger partial charge in [-0.25, -0.2) is 4.57 Å². The van der Waals surface area contributed by atoms with Gasteiger partial charge in [0.25, 0.3) is 0 Å². The fraction of sp³-hybridized carbons (Fsp3) is 0.250. The zero-order valence-corrected chi connectivity index (χ0v) is 10.9. The smallest absolute Gasteiger partial charge is 0.392 e. The van der Waals surface area contributed by atoms with E-state index in [1.807, 2.05) is 47.5 Å². The first kappa shape index (κ1) is 12.7. The number of aromatic nitrogens is 1. The van der Waals surface area contributed by atoms with Crippen LogP contribution < -0.4 is 9.88 Å². The van der Waals surface area contributed by atoms with E-state index in [2.05, 4.69) is 15.5 Å². The van der Waals surface area contributed by atoms with Gasteiger partial charge in [0, 0.05) is 18.1 Å². The Labute approximate surface area is 109 Å². The van der Waals surface area contributed by atoms with Crippen LogP contribution in [0.3, 0.4) is 0 Å². The quantitative estimate of drug-likeness (QED) is 0.643. The van der Waals surface area contributed by atoms with Gasteiger partial charge in [0.15, 0.2) is 0 Å². The van der Waals surface area contributed by atoms with Crippen LogP contribution in [0.5, 0.6) is 0 Å². The summed E-state index contributed by atoms with van der Waals surface area (Å²) < 4.78 is 1.87. The minimum atomic E-state index is 0.0980. The summed E-state index contributed by atoms with van der Waals surface area (Å²) >= 11 is 1.50. The maximum atomic E-state index is 8.91. The molecule has 6 heteroatoms. The molecule has 0 spiro atoms. The van der Waals surface area contributed by atoms with Gasteiger partial charge in [-0.1, -0.05) is 0 Å². The molecular weight excluding hydrogens is 248 g/mol. The van der Waals surface area contributed by atoms with Crippen molar-refractivity contribution < 1.29 is 9.67 Å². The van der Waals surface area contributed by atoms with E-state index in [4.69, 9.17) is 5.11 Å². The molecule has 1 aromatic heterocycles. The summed E-state index contributed by atoms with van der Waals surface area (Å²) in [6.45, 7) is 0.636. The van der Waals surface area contributed by atoms with E-state index < -0.39 is 0 Å². The minimum Gasteiger partial charge on any atom is -0.392 e. The Hall–Kier alpha value is -1.79. The third-order valence-corrected chi connectivity index (χ3v) is 3.19.